The molecule has 0 aliphatic carbocycles. The van der Waals surface area contributed by atoms with Crippen molar-refractivity contribution in [2.45, 2.75) is 0 Å². The Morgan fingerprint density at radius 2 is 1.92 bits per heavy atom. The van der Waals surface area contributed by atoms with Gasteiger partial charge < -0.3 is 11.1 Å². The number of nitriles is 1. The van der Waals surface area contributed by atoms with Gasteiger partial charge in [-0.25, -0.2) is 0 Å². The molecule has 0 saturated carbocycles. The van der Waals surface area contributed by atoms with Crippen LogP contribution in [0.25, 0.3) is 11.6 Å². The summed E-state index contributed by atoms with van der Waals surface area (Å²) in [4.78, 5) is 16.4. The molecule has 7 nitrogen and oxygen atoms in total. The number of rotatable bonds is 4. The number of allylic oxidation sites excluding steroid dienone is 1. The van der Waals surface area contributed by atoms with Crippen LogP contribution in [0.3, 0.4) is 0 Å². The summed E-state index contributed by atoms with van der Waals surface area (Å²) >= 11 is 0. The average molecular weight is 315 g/mol. The maximum absolute atomic E-state index is 9.41. The number of nitrogens with one attached hydrogen (secondary N) is 1. The molecule has 0 saturated heterocycles. The van der Waals surface area contributed by atoms with Crippen molar-refractivity contribution in [2.75, 3.05) is 11.1 Å². The fraction of sp³-hybridized carbons (Fsp3) is 0. The molecular formula is C17H13N7. The number of nitrogens with two attached hydrogens (primary N) is 1. The number of pyridine rings is 1. The van der Waals surface area contributed by atoms with Crippen molar-refractivity contribution in [2.24, 2.45) is 0 Å². The first-order valence-corrected chi connectivity index (χ1v) is 7.10. The molecule has 2 aromatic heterocycles. The van der Waals surface area contributed by atoms with Gasteiger partial charge in [-0.2, -0.15) is 20.2 Å². The van der Waals surface area contributed by atoms with Crippen molar-refractivity contribution in [1.29, 1.82) is 5.26 Å². The predicted molar refractivity (Wildman–Crippen MR) is 91.7 cm³/mol. The standard InChI is InChI=1S/C17H13N7/c18-10-13(9-12-5-4-8-20-11-12)15-22-16(19)24-17(23-15)21-14-6-2-1-3-7-14/h1-9,11H,(H3,19,21,22,23,24)/b13-9-. The molecular weight excluding hydrogens is 302 g/mol. The smallest absolute Gasteiger partial charge is 0.232 e. The monoisotopic (exact) mass is 315 g/mol. The second-order valence-corrected chi connectivity index (χ2v) is 4.79. The minimum Gasteiger partial charge on any atom is -0.368 e. The van der Waals surface area contributed by atoms with Crippen LogP contribution in [-0.2, 0) is 0 Å². The van der Waals surface area contributed by atoms with Gasteiger partial charge in [0.2, 0.25) is 11.9 Å². The highest BCUT2D eigenvalue weighted by Gasteiger charge is 2.10. The highest BCUT2D eigenvalue weighted by atomic mass is 15.2. The number of nitrogen functional groups attached to an aromatic ring is 1. The maximum Gasteiger partial charge on any atom is 0.232 e. The number of nitrogens with zero attached hydrogens (tertiary/aromatic N) is 5. The first-order valence-electron chi connectivity index (χ1n) is 7.10. The molecule has 3 N–H and O–H groups in total. The Balaban J connectivity index is 1.96. The van der Waals surface area contributed by atoms with E-state index in [9.17, 15) is 5.26 Å². The summed E-state index contributed by atoms with van der Waals surface area (Å²) in [6.07, 6.45) is 4.95. The third-order valence-corrected chi connectivity index (χ3v) is 3.04. The molecule has 0 aliphatic rings. The fourth-order valence-electron chi connectivity index (χ4n) is 1.99. The zero-order valence-electron chi connectivity index (χ0n) is 12.6. The van der Waals surface area contributed by atoms with Crippen LogP contribution in [-0.4, -0.2) is 19.9 Å². The number of anilines is 3. The largest absolute Gasteiger partial charge is 0.368 e. The summed E-state index contributed by atoms with van der Waals surface area (Å²) in [5.41, 5.74) is 7.60. The fourth-order valence-corrected chi connectivity index (χ4v) is 1.99. The van der Waals surface area contributed by atoms with Crippen LogP contribution in [0.5, 0.6) is 0 Å². The third-order valence-electron chi connectivity index (χ3n) is 3.04. The van der Waals surface area contributed by atoms with Crippen LogP contribution in [0, 0.1) is 11.3 Å². The molecule has 0 radical (unpaired) electrons. The van der Waals surface area contributed by atoms with Crippen molar-refractivity contribution in [1.82, 2.24) is 19.9 Å². The van der Waals surface area contributed by atoms with Gasteiger partial charge in [-0.1, -0.05) is 24.3 Å². The first kappa shape index (κ1) is 15.1. The van der Waals surface area contributed by atoms with Crippen LogP contribution in [0.15, 0.2) is 54.9 Å². The Morgan fingerprint density at radius 1 is 1.08 bits per heavy atom. The van der Waals surface area contributed by atoms with E-state index in [1.54, 1.807) is 24.5 Å². The molecule has 0 unspecified atom stereocenters. The van der Waals surface area contributed by atoms with E-state index >= 15 is 0 Å². The number of aromatic nitrogens is 4. The molecule has 0 amide bonds. The van der Waals surface area contributed by atoms with E-state index in [4.69, 9.17) is 5.73 Å². The molecule has 24 heavy (non-hydrogen) atoms. The number of hydrogen-bond donors (Lipinski definition) is 2. The quantitative estimate of drug-likeness (QED) is 0.711. The van der Waals surface area contributed by atoms with E-state index in [0.29, 0.717) is 0 Å². The molecule has 0 atom stereocenters. The van der Waals surface area contributed by atoms with E-state index in [2.05, 4.69) is 31.3 Å². The molecule has 1 aromatic carbocycles. The summed E-state index contributed by atoms with van der Waals surface area (Å²) in [5, 5.41) is 12.4. The lowest BCUT2D eigenvalue weighted by atomic mass is 10.2. The molecule has 0 spiro atoms. The van der Waals surface area contributed by atoms with Crippen LogP contribution >= 0.6 is 0 Å². The number of hydrogen-bond acceptors (Lipinski definition) is 7. The lowest BCUT2D eigenvalue weighted by molar-refractivity contribution is 1.04. The van der Waals surface area contributed by atoms with Gasteiger partial charge in [-0.15, -0.1) is 0 Å². The summed E-state index contributed by atoms with van der Waals surface area (Å²) in [6, 6.07) is 15.1. The van der Waals surface area contributed by atoms with Crippen LogP contribution < -0.4 is 11.1 Å². The Morgan fingerprint density at radius 3 is 2.62 bits per heavy atom. The molecule has 7 heteroatoms. The van der Waals surface area contributed by atoms with Gasteiger partial charge >= 0.3 is 0 Å². The summed E-state index contributed by atoms with van der Waals surface area (Å²) in [5.74, 6) is 0.508. The highest BCUT2D eigenvalue weighted by molar-refractivity contribution is 5.87. The first-order chi connectivity index (χ1) is 11.7. The second kappa shape index (κ2) is 6.98. The molecule has 0 fully saturated rings. The third kappa shape index (κ3) is 3.69. The van der Waals surface area contributed by atoms with E-state index in [-0.39, 0.29) is 23.3 Å². The highest BCUT2D eigenvalue weighted by Crippen LogP contribution is 2.18. The van der Waals surface area contributed by atoms with Gasteiger partial charge in [-0.3, -0.25) is 4.98 Å². The molecule has 3 aromatic rings. The molecule has 3 rings (SSSR count). The molecule has 116 valence electrons. The lowest BCUT2D eigenvalue weighted by Crippen LogP contribution is -2.06. The molecule has 2 heterocycles. The van der Waals surface area contributed by atoms with Crippen LogP contribution in [0.2, 0.25) is 0 Å². The normalized spacial score (nSPS) is 10.9. The van der Waals surface area contributed by atoms with E-state index < -0.39 is 0 Å². The van der Waals surface area contributed by atoms with Gasteiger partial charge in [0, 0.05) is 18.1 Å². The minimum atomic E-state index is 0.0331. The summed E-state index contributed by atoms with van der Waals surface area (Å²) < 4.78 is 0. The topological polar surface area (TPSA) is 113 Å². The van der Waals surface area contributed by atoms with Gasteiger partial charge in [0.25, 0.3) is 0 Å². The van der Waals surface area contributed by atoms with Crippen molar-refractivity contribution in [3.05, 3.63) is 66.2 Å². The molecule has 0 aliphatic heterocycles. The number of benzene rings is 1. The minimum absolute atomic E-state index is 0.0331. The van der Waals surface area contributed by atoms with Crippen LogP contribution in [0.4, 0.5) is 17.6 Å². The van der Waals surface area contributed by atoms with Gasteiger partial charge in [0.1, 0.15) is 6.07 Å². The second-order valence-electron chi connectivity index (χ2n) is 4.79. The van der Waals surface area contributed by atoms with Gasteiger partial charge in [0.15, 0.2) is 5.82 Å². The Kier molecular flexibility index (Phi) is 4.40. The van der Waals surface area contributed by atoms with E-state index in [1.165, 1.54) is 0 Å². The molecule has 0 bridgehead atoms. The Labute approximate surface area is 138 Å². The summed E-state index contributed by atoms with van der Waals surface area (Å²) in [7, 11) is 0. The predicted octanol–water partition coefficient (Wildman–Crippen LogP) is 2.66. The zero-order chi connectivity index (χ0) is 16.8. The van der Waals surface area contributed by atoms with Crippen molar-refractivity contribution >= 4 is 29.2 Å². The van der Waals surface area contributed by atoms with Gasteiger partial charge in [-0.05, 0) is 29.8 Å². The van der Waals surface area contributed by atoms with Crippen molar-refractivity contribution < 1.29 is 0 Å². The number of para-hydroxylation sites is 1. The van der Waals surface area contributed by atoms with E-state index in [1.807, 2.05) is 36.4 Å². The zero-order valence-corrected chi connectivity index (χ0v) is 12.6. The summed E-state index contributed by atoms with van der Waals surface area (Å²) in [6.45, 7) is 0. The van der Waals surface area contributed by atoms with Gasteiger partial charge in [0.05, 0.1) is 5.57 Å². The maximum atomic E-state index is 9.41. The van der Waals surface area contributed by atoms with Crippen LogP contribution in [0.1, 0.15) is 11.4 Å². The average Bonchev–Trinajstić information content (AvgIpc) is 2.61. The van der Waals surface area contributed by atoms with Crippen molar-refractivity contribution in [3.63, 3.8) is 0 Å². The van der Waals surface area contributed by atoms with E-state index in [0.717, 1.165) is 11.3 Å². The van der Waals surface area contributed by atoms with Crippen molar-refractivity contribution in [3.8, 4) is 6.07 Å². The Bertz CT molecular complexity index is 899. The Hall–Kier alpha value is -3.79. The lowest BCUT2D eigenvalue weighted by Gasteiger charge is -2.06. The SMILES string of the molecule is N#C/C(=C/c1cccnc1)c1nc(N)nc(Nc2ccccc2)n1.